The Hall–Kier alpha value is -2.80. The van der Waals surface area contributed by atoms with Crippen LogP contribution in [0.25, 0.3) is 0 Å². The standard InChI is InChI=1S/C19H17NO5S/c1-12(26-14-5-3-2-4-6-14)19(23)25-10-16(21)13-7-8-17-15(9-13)20-18(22)11-24-17/h2-9,12H,10-11H2,1H3,(H,20,22)/t12-/m1/s1. The summed E-state index contributed by atoms with van der Waals surface area (Å²) in [5.74, 6) is -0.578. The highest BCUT2D eigenvalue weighted by molar-refractivity contribution is 8.00. The monoisotopic (exact) mass is 371 g/mol. The summed E-state index contributed by atoms with van der Waals surface area (Å²) in [6.45, 7) is 1.33. The summed E-state index contributed by atoms with van der Waals surface area (Å²) in [5.41, 5.74) is 0.775. The van der Waals surface area contributed by atoms with Gasteiger partial charge in [0.1, 0.15) is 11.0 Å². The molecule has 7 heteroatoms. The highest BCUT2D eigenvalue weighted by Gasteiger charge is 2.20. The van der Waals surface area contributed by atoms with Crippen molar-refractivity contribution in [3.05, 3.63) is 54.1 Å². The fraction of sp³-hybridized carbons (Fsp3) is 0.211. The molecule has 1 amide bonds. The Morgan fingerprint density at radius 2 is 2.00 bits per heavy atom. The lowest BCUT2D eigenvalue weighted by molar-refractivity contribution is -0.141. The van der Waals surface area contributed by atoms with Crippen LogP contribution in [-0.4, -0.2) is 36.1 Å². The lowest BCUT2D eigenvalue weighted by Gasteiger charge is -2.18. The fourth-order valence-electron chi connectivity index (χ4n) is 2.35. The molecule has 134 valence electrons. The second-order valence-electron chi connectivity index (χ2n) is 5.65. The number of thioether (sulfide) groups is 1. The summed E-state index contributed by atoms with van der Waals surface area (Å²) >= 11 is 1.37. The van der Waals surface area contributed by atoms with Gasteiger partial charge in [-0.3, -0.25) is 14.4 Å². The summed E-state index contributed by atoms with van der Waals surface area (Å²) in [6, 6.07) is 14.2. The van der Waals surface area contributed by atoms with Crippen LogP contribution in [-0.2, 0) is 14.3 Å². The first-order chi connectivity index (χ1) is 12.5. The predicted molar refractivity (Wildman–Crippen MR) is 97.6 cm³/mol. The van der Waals surface area contributed by atoms with Crippen LogP contribution in [0.3, 0.4) is 0 Å². The second-order valence-corrected chi connectivity index (χ2v) is 7.07. The van der Waals surface area contributed by atoms with Crippen LogP contribution >= 0.6 is 11.8 Å². The lowest BCUT2D eigenvalue weighted by atomic mass is 10.1. The van der Waals surface area contributed by atoms with E-state index in [0.717, 1.165) is 4.90 Å². The number of anilines is 1. The Kier molecular flexibility index (Phi) is 5.58. The highest BCUT2D eigenvalue weighted by Crippen LogP contribution is 2.28. The molecule has 1 aliphatic rings. The Bertz CT molecular complexity index is 837. The van der Waals surface area contributed by atoms with Gasteiger partial charge in [0.2, 0.25) is 0 Å². The topological polar surface area (TPSA) is 81.7 Å². The van der Waals surface area contributed by atoms with Crippen molar-refractivity contribution >= 4 is 35.1 Å². The van der Waals surface area contributed by atoms with E-state index in [9.17, 15) is 14.4 Å². The van der Waals surface area contributed by atoms with Gasteiger partial charge < -0.3 is 14.8 Å². The zero-order valence-electron chi connectivity index (χ0n) is 14.1. The van der Waals surface area contributed by atoms with Gasteiger partial charge in [-0.25, -0.2) is 0 Å². The molecule has 1 atom stereocenters. The molecule has 26 heavy (non-hydrogen) atoms. The number of fused-ring (bicyclic) bond motifs is 1. The second kappa shape index (κ2) is 8.05. The number of amides is 1. The highest BCUT2D eigenvalue weighted by atomic mass is 32.2. The molecule has 0 bridgehead atoms. The van der Waals surface area contributed by atoms with E-state index in [1.165, 1.54) is 17.8 Å². The summed E-state index contributed by atoms with van der Waals surface area (Å²) in [7, 11) is 0. The average molecular weight is 371 g/mol. The molecular weight excluding hydrogens is 354 g/mol. The number of carbonyl (C=O) groups is 3. The van der Waals surface area contributed by atoms with E-state index in [1.54, 1.807) is 19.1 Å². The summed E-state index contributed by atoms with van der Waals surface area (Å²) in [4.78, 5) is 36.7. The number of carbonyl (C=O) groups excluding carboxylic acids is 3. The Labute approximate surface area is 154 Å². The van der Waals surface area contributed by atoms with Gasteiger partial charge in [0, 0.05) is 10.5 Å². The quantitative estimate of drug-likeness (QED) is 0.478. The SMILES string of the molecule is C[C@@H](Sc1ccccc1)C(=O)OCC(=O)c1ccc2c(c1)NC(=O)CO2. The molecule has 1 heterocycles. The maximum atomic E-state index is 12.3. The van der Waals surface area contributed by atoms with Crippen molar-refractivity contribution in [1.82, 2.24) is 0 Å². The largest absolute Gasteiger partial charge is 0.482 e. The summed E-state index contributed by atoms with van der Waals surface area (Å²) < 4.78 is 10.4. The van der Waals surface area contributed by atoms with Crippen molar-refractivity contribution in [2.75, 3.05) is 18.5 Å². The molecule has 6 nitrogen and oxygen atoms in total. The predicted octanol–water partition coefficient (Wildman–Crippen LogP) is 2.92. The fourth-order valence-corrected chi connectivity index (χ4v) is 3.23. The maximum Gasteiger partial charge on any atom is 0.319 e. The van der Waals surface area contributed by atoms with E-state index in [4.69, 9.17) is 9.47 Å². The number of nitrogens with one attached hydrogen (secondary N) is 1. The molecule has 0 saturated heterocycles. The smallest absolute Gasteiger partial charge is 0.319 e. The molecule has 0 spiro atoms. The van der Waals surface area contributed by atoms with Crippen molar-refractivity contribution in [1.29, 1.82) is 0 Å². The van der Waals surface area contributed by atoms with Crippen LogP contribution < -0.4 is 10.1 Å². The Morgan fingerprint density at radius 3 is 2.77 bits per heavy atom. The van der Waals surface area contributed by atoms with Crippen molar-refractivity contribution in [2.24, 2.45) is 0 Å². The zero-order valence-corrected chi connectivity index (χ0v) is 14.9. The van der Waals surface area contributed by atoms with Crippen LogP contribution in [0, 0.1) is 0 Å². The van der Waals surface area contributed by atoms with Gasteiger partial charge in [-0.1, -0.05) is 18.2 Å². The molecule has 0 fully saturated rings. The van der Waals surface area contributed by atoms with Crippen molar-refractivity contribution in [3.8, 4) is 5.75 Å². The third-order valence-electron chi connectivity index (χ3n) is 3.67. The molecule has 1 aliphatic heterocycles. The Balaban J connectivity index is 1.56. The maximum absolute atomic E-state index is 12.3. The molecule has 1 N–H and O–H groups in total. The van der Waals surface area contributed by atoms with Crippen molar-refractivity contribution in [3.63, 3.8) is 0 Å². The van der Waals surface area contributed by atoms with Crippen LogP contribution in [0.2, 0.25) is 0 Å². The first kappa shape index (κ1) is 18.0. The van der Waals surface area contributed by atoms with E-state index < -0.39 is 11.2 Å². The van der Waals surface area contributed by atoms with Gasteiger partial charge in [0.15, 0.2) is 19.0 Å². The van der Waals surface area contributed by atoms with Crippen LogP contribution in [0.1, 0.15) is 17.3 Å². The zero-order chi connectivity index (χ0) is 18.5. The van der Waals surface area contributed by atoms with Gasteiger partial charge in [-0.2, -0.15) is 0 Å². The van der Waals surface area contributed by atoms with Gasteiger partial charge in [-0.15, -0.1) is 11.8 Å². The average Bonchev–Trinajstić information content (AvgIpc) is 2.65. The molecule has 0 aliphatic carbocycles. The number of Topliss-reactive ketones (excluding diaryl/α,β-unsaturated/α-hetero) is 1. The number of rotatable bonds is 6. The number of esters is 1. The van der Waals surface area contributed by atoms with Gasteiger partial charge in [0.05, 0.1) is 5.69 Å². The molecule has 0 unspecified atom stereocenters. The van der Waals surface area contributed by atoms with E-state index in [-0.39, 0.29) is 24.9 Å². The third-order valence-corrected chi connectivity index (χ3v) is 4.76. The Morgan fingerprint density at radius 1 is 1.23 bits per heavy atom. The number of benzene rings is 2. The number of hydrogen-bond donors (Lipinski definition) is 1. The molecular formula is C19H17NO5S. The van der Waals surface area contributed by atoms with Crippen molar-refractivity contribution < 1.29 is 23.9 Å². The summed E-state index contributed by atoms with van der Waals surface area (Å²) in [6.07, 6.45) is 0. The van der Waals surface area contributed by atoms with E-state index >= 15 is 0 Å². The minimum absolute atomic E-state index is 0.0468. The van der Waals surface area contributed by atoms with Gasteiger partial charge in [-0.05, 0) is 37.3 Å². The first-order valence-corrected chi connectivity index (χ1v) is 8.89. The molecule has 0 saturated carbocycles. The van der Waals surface area contributed by atoms with Gasteiger partial charge in [0.25, 0.3) is 5.91 Å². The van der Waals surface area contributed by atoms with Crippen LogP contribution in [0.4, 0.5) is 5.69 Å². The lowest BCUT2D eigenvalue weighted by Crippen LogP contribution is -2.26. The first-order valence-electron chi connectivity index (χ1n) is 8.01. The van der Waals surface area contributed by atoms with Gasteiger partial charge >= 0.3 is 5.97 Å². The van der Waals surface area contributed by atoms with E-state index in [0.29, 0.717) is 17.0 Å². The molecule has 3 rings (SSSR count). The van der Waals surface area contributed by atoms with Crippen LogP contribution in [0.5, 0.6) is 5.75 Å². The molecule has 0 radical (unpaired) electrons. The van der Waals surface area contributed by atoms with E-state index in [2.05, 4.69) is 5.32 Å². The molecule has 2 aromatic rings. The normalized spacial score (nSPS) is 13.8. The van der Waals surface area contributed by atoms with E-state index in [1.807, 2.05) is 30.3 Å². The molecule has 2 aromatic carbocycles. The number of ketones is 1. The number of ether oxygens (including phenoxy) is 2. The minimum atomic E-state index is -0.457. The summed E-state index contributed by atoms with van der Waals surface area (Å²) in [5, 5.41) is 2.21. The molecule has 0 aromatic heterocycles. The number of hydrogen-bond acceptors (Lipinski definition) is 6. The third kappa shape index (κ3) is 4.43. The van der Waals surface area contributed by atoms with Crippen LogP contribution in [0.15, 0.2) is 53.4 Å². The minimum Gasteiger partial charge on any atom is -0.482 e. The van der Waals surface area contributed by atoms with Crippen molar-refractivity contribution in [2.45, 2.75) is 17.1 Å².